The summed E-state index contributed by atoms with van der Waals surface area (Å²) in [4.78, 5) is 13.6. The molecule has 0 aliphatic carbocycles. The summed E-state index contributed by atoms with van der Waals surface area (Å²) in [6.45, 7) is 2.74. The normalized spacial score (nSPS) is 23.4. The lowest BCUT2D eigenvalue weighted by Gasteiger charge is -2.43. The van der Waals surface area contributed by atoms with Crippen molar-refractivity contribution in [2.24, 2.45) is 5.41 Å². The van der Waals surface area contributed by atoms with Crippen molar-refractivity contribution in [2.45, 2.75) is 32.3 Å². The molecular weight excluding hydrogens is 318 g/mol. The van der Waals surface area contributed by atoms with Gasteiger partial charge in [-0.2, -0.15) is 0 Å². The number of carboxylic acids is 1. The Bertz CT molecular complexity index is 720. The number of β-amino-alcohol motifs (C(OH)–C–C–N with tert-alkyl or cyclic N) is 1. The number of nitrogens with zero attached hydrogens (tertiary/aromatic N) is 3. The number of piperidine rings is 1. The van der Waals surface area contributed by atoms with Crippen molar-refractivity contribution in [1.29, 1.82) is 0 Å². The van der Waals surface area contributed by atoms with Gasteiger partial charge in [0, 0.05) is 18.7 Å². The van der Waals surface area contributed by atoms with E-state index in [0.29, 0.717) is 25.2 Å². The van der Waals surface area contributed by atoms with Gasteiger partial charge in [0.25, 0.3) is 0 Å². The van der Waals surface area contributed by atoms with Crippen LogP contribution in [0.5, 0.6) is 0 Å². The summed E-state index contributed by atoms with van der Waals surface area (Å²) < 4.78 is 0. The highest BCUT2D eigenvalue weighted by Crippen LogP contribution is 2.37. The number of anilines is 1. The predicted molar refractivity (Wildman–Crippen MR) is 95.3 cm³/mol. The van der Waals surface area contributed by atoms with E-state index < -0.39 is 17.5 Å². The van der Waals surface area contributed by atoms with Gasteiger partial charge in [-0.1, -0.05) is 43.7 Å². The summed E-state index contributed by atoms with van der Waals surface area (Å²) in [5, 5.41) is 28.7. The van der Waals surface area contributed by atoms with Crippen LogP contribution in [0.2, 0.25) is 0 Å². The molecule has 25 heavy (non-hydrogen) atoms. The minimum atomic E-state index is -1.05. The summed E-state index contributed by atoms with van der Waals surface area (Å²) >= 11 is 0. The van der Waals surface area contributed by atoms with Crippen LogP contribution in [0.15, 0.2) is 42.5 Å². The Morgan fingerprint density at radius 3 is 2.56 bits per heavy atom. The molecule has 6 nitrogen and oxygen atoms in total. The van der Waals surface area contributed by atoms with Crippen molar-refractivity contribution < 1.29 is 15.0 Å². The molecule has 1 aromatic heterocycles. The van der Waals surface area contributed by atoms with Crippen LogP contribution >= 0.6 is 0 Å². The monoisotopic (exact) mass is 341 g/mol. The maximum atomic E-state index is 11.7. The molecule has 1 aliphatic heterocycles. The van der Waals surface area contributed by atoms with Crippen molar-refractivity contribution in [1.82, 2.24) is 10.2 Å². The van der Waals surface area contributed by atoms with E-state index in [1.807, 2.05) is 54.3 Å². The van der Waals surface area contributed by atoms with Crippen LogP contribution < -0.4 is 4.90 Å². The summed E-state index contributed by atoms with van der Waals surface area (Å²) in [5.74, 6) is -0.249. The first-order valence-corrected chi connectivity index (χ1v) is 8.62. The third kappa shape index (κ3) is 3.35. The second-order valence-electron chi connectivity index (χ2n) is 6.57. The molecule has 0 unspecified atom stereocenters. The van der Waals surface area contributed by atoms with E-state index in [1.54, 1.807) is 0 Å². The lowest BCUT2D eigenvalue weighted by atomic mass is 9.73. The van der Waals surface area contributed by atoms with E-state index in [-0.39, 0.29) is 6.54 Å². The van der Waals surface area contributed by atoms with Crippen molar-refractivity contribution in [3.05, 3.63) is 42.5 Å². The van der Waals surface area contributed by atoms with Crippen LogP contribution in [-0.2, 0) is 4.79 Å². The Labute approximate surface area is 147 Å². The van der Waals surface area contributed by atoms with Crippen molar-refractivity contribution in [2.75, 3.05) is 18.0 Å². The van der Waals surface area contributed by atoms with E-state index in [9.17, 15) is 15.0 Å². The fourth-order valence-corrected chi connectivity index (χ4v) is 3.53. The molecule has 2 N–H and O–H groups in total. The lowest BCUT2D eigenvalue weighted by molar-refractivity contribution is -0.159. The second kappa shape index (κ2) is 7.19. The molecule has 1 aliphatic rings. The number of carbonyl (C=O) groups is 1. The Balaban J connectivity index is 1.75. The van der Waals surface area contributed by atoms with Gasteiger partial charge in [-0.25, -0.2) is 0 Å². The molecule has 0 amide bonds. The quantitative estimate of drug-likeness (QED) is 0.869. The number of aliphatic carboxylic acids is 1. The first kappa shape index (κ1) is 17.4. The number of hydrogen-bond acceptors (Lipinski definition) is 5. The standard InChI is InChI=1S/C19H23N3O3/c1-2-10-19(18(24)25)11-12-22(13-16(19)23)17-9-8-15(20-21-17)14-6-4-3-5-7-14/h3-9,16,23H,2,10-13H2,1H3,(H,24,25)/t16-,19-/m0/s1. The van der Waals surface area contributed by atoms with Crippen LogP contribution in [0, 0.1) is 5.41 Å². The van der Waals surface area contributed by atoms with Crippen LogP contribution in [0.25, 0.3) is 11.3 Å². The van der Waals surface area contributed by atoms with E-state index in [2.05, 4.69) is 10.2 Å². The molecule has 2 atom stereocenters. The maximum absolute atomic E-state index is 11.7. The Hall–Kier alpha value is -2.47. The molecule has 1 aromatic carbocycles. The lowest BCUT2D eigenvalue weighted by Crippen LogP contribution is -2.55. The van der Waals surface area contributed by atoms with Crippen LogP contribution in [0.3, 0.4) is 0 Å². The molecule has 2 heterocycles. The van der Waals surface area contributed by atoms with Gasteiger partial charge in [-0.15, -0.1) is 10.2 Å². The molecule has 0 spiro atoms. The largest absolute Gasteiger partial charge is 0.481 e. The summed E-state index contributed by atoms with van der Waals surface area (Å²) in [6, 6.07) is 13.6. The molecule has 1 fully saturated rings. The fraction of sp³-hybridized carbons (Fsp3) is 0.421. The van der Waals surface area contributed by atoms with Gasteiger partial charge in [-0.05, 0) is 25.0 Å². The fourth-order valence-electron chi connectivity index (χ4n) is 3.53. The van der Waals surface area contributed by atoms with Gasteiger partial charge < -0.3 is 15.1 Å². The molecule has 6 heteroatoms. The topological polar surface area (TPSA) is 86.5 Å². The van der Waals surface area contributed by atoms with Gasteiger partial charge in [-0.3, -0.25) is 4.79 Å². The van der Waals surface area contributed by atoms with E-state index in [4.69, 9.17) is 0 Å². The smallest absolute Gasteiger partial charge is 0.312 e. The number of rotatable bonds is 5. The third-order valence-corrected chi connectivity index (χ3v) is 5.03. The molecule has 0 radical (unpaired) electrons. The summed E-state index contributed by atoms with van der Waals surface area (Å²) in [5.41, 5.74) is 0.726. The van der Waals surface area contributed by atoms with Gasteiger partial charge in [0.1, 0.15) is 0 Å². The van der Waals surface area contributed by atoms with E-state index in [0.717, 1.165) is 17.7 Å². The third-order valence-electron chi connectivity index (χ3n) is 5.03. The highest BCUT2D eigenvalue weighted by molar-refractivity contribution is 5.76. The number of hydrogen-bond donors (Lipinski definition) is 2. The SMILES string of the molecule is CCC[C@]1(C(=O)O)CCN(c2ccc(-c3ccccc3)nn2)C[C@@H]1O. The van der Waals surface area contributed by atoms with Crippen molar-refractivity contribution >= 4 is 11.8 Å². The van der Waals surface area contributed by atoms with Gasteiger partial charge >= 0.3 is 5.97 Å². The van der Waals surface area contributed by atoms with Crippen molar-refractivity contribution in [3.63, 3.8) is 0 Å². The number of aromatic nitrogens is 2. The number of benzene rings is 1. The first-order valence-electron chi connectivity index (χ1n) is 8.62. The zero-order valence-corrected chi connectivity index (χ0v) is 14.3. The van der Waals surface area contributed by atoms with E-state index in [1.165, 1.54) is 0 Å². The minimum Gasteiger partial charge on any atom is -0.481 e. The van der Waals surface area contributed by atoms with Crippen LogP contribution in [-0.4, -0.2) is 45.6 Å². The Kier molecular flexibility index (Phi) is 4.99. The zero-order valence-electron chi connectivity index (χ0n) is 14.3. The van der Waals surface area contributed by atoms with Gasteiger partial charge in [0.2, 0.25) is 0 Å². The maximum Gasteiger partial charge on any atom is 0.312 e. The highest BCUT2D eigenvalue weighted by Gasteiger charge is 2.48. The molecule has 0 bridgehead atoms. The molecule has 1 saturated heterocycles. The van der Waals surface area contributed by atoms with Crippen LogP contribution in [0.1, 0.15) is 26.2 Å². The highest BCUT2D eigenvalue weighted by atomic mass is 16.4. The average Bonchev–Trinajstić information content (AvgIpc) is 2.64. The molecule has 3 rings (SSSR count). The Morgan fingerprint density at radius 1 is 1.24 bits per heavy atom. The van der Waals surface area contributed by atoms with Gasteiger partial charge in [0.05, 0.1) is 17.2 Å². The van der Waals surface area contributed by atoms with E-state index >= 15 is 0 Å². The number of aliphatic hydroxyl groups is 1. The summed E-state index contributed by atoms with van der Waals surface area (Å²) in [6.07, 6.45) is 0.693. The molecule has 0 saturated carbocycles. The number of aliphatic hydroxyl groups excluding tert-OH is 1. The molecule has 132 valence electrons. The first-order chi connectivity index (χ1) is 12.1. The van der Waals surface area contributed by atoms with Crippen LogP contribution in [0.4, 0.5) is 5.82 Å². The minimum absolute atomic E-state index is 0.256. The number of carboxylic acid groups (broad SMARTS) is 1. The van der Waals surface area contributed by atoms with Crippen molar-refractivity contribution in [3.8, 4) is 11.3 Å². The summed E-state index contributed by atoms with van der Waals surface area (Å²) in [7, 11) is 0. The predicted octanol–water partition coefficient (Wildman–Crippen LogP) is 2.59. The molecule has 2 aromatic rings. The zero-order chi connectivity index (χ0) is 17.9. The molecular formula is C19H23N3O3. The average molecular weight is 341 g/mol. The van der Waals surface area contributed by atoms with Gasteiger partial charge in [0.15, 0.2) is 5.82 Å². The second-order valence-corrected chi connectivity index (χ2v) is 6.57. The Morgan fingerprint density at radius 2 is 2.00 bits per heavy atom.